The first kappa shape index (κ1) is 19.5. The normalized spacial score (nSPS) is 15.4. The maximum atomic E-state index is 5.52. The number of piperazine rings is 1. The smallest absolute Gasteiger partial charge is 0.167 e. The number of hydrogen-bond acceptors (Lipinski definition) is 6. The third-order valence-corrected chi connectivity index (χ3v) is 5.32. The third kappa shape index (κ3) is 4.78. The standard InChI is InChI=1S/C23H27N3O3/c1-27-21-9-8-18(14-23(21)28-2)16-25-10-12-26(13-11-25)17-20-15-22(29-24-20)19-6-4-3-5-7-19/h3-9,14-15H,10-13,16-17H2,1-2H3. The van der Waals surface area contributed by atoms with Crippen molar-refractivity contribution in [3.8, 4) is 22.8 Å². The predicted molar refractivity (Wildman–Crippen MR) is 112 cm³/mol. The van der Waals surface area contributed by atoms with E-state index < -0.39 is 0 Å². The molecule has 1 fully saturated rings. The quantitative estimate of drug-likeness (QED) is 0.610. The summed E-state index contributed by atoms with van der Waals surface area (Å²) in [6, 6.07) is 18.3. The Bertz CT molecular complexity index is 918. The first-order valence-electron chi connectivity index (χ1n) is 9.92. The minimum Gasteiger partial charge on any atom is -0.493 e. The fraction of sp³-hybridized carbons (Fsp3) is 0.348. The highest BCUT2D eigenvalue weighted by atomic mass is 16.5. The molecule has 6 heteroatoms. The van der Waals surface area contributed by atoms with Gasteiger partial charge in [-0.2, -0.15) is 0 Å². The summed E-state index contributed by atoms with van der Waals surface area (Å²) in [6.45, 7) is 5.81. The summed E-state index contributed by atoms with van der Waals surface area (Å²) in [7, 11) is 3.34. The zero-order valence-corrected chi connectivity index (χ0v) is 17.0. The highest BCUT2D eigenvalue weighted by Gasteiger charge is 2.19. The van der Waals surface area contributed by atoms with Crippen LogP contribution in [0, 0.1) is 0 Å². The van der Waals surface area contributed by atoms with Gasteiger partial charge in [0.1, 0.15) is 0 Å². The van der Waals surface area contributed by atoms with E-state index in [0.717, 1.165) is 67.8 Å². The number of hydrogen-bond donors (Lipinski definition) is 0. The summed E-state index contributed by atoms with van der Waals surface area (Å²) in [5, 5.41) is 4.25. The summed E-state index contributed by atoms with van der Waals surface area (Å²) in [5.74, 6) is 2.38. The molecule has 0 bridgehead atoms. The SMILES string of the molecule is COc1ccc(CN2CCN(Cc3cc(-c4ccccc4)on3)CC2)cc1OC. The molecule has 0 spiro atoms. The van der Waals surface area contributed by atoms with Crippen molar-refractivity contribution in [1.82, 2.24) is 15.0 Å². The summed E-state index contributed by atoms with van der Waals surface area (Å²) < 4.78 is 16.3. The highest BCUT2D eigenvalue weighted by molar-refractivity contribution is 5.56. The molecule has 4 rings (SSSR count). The molecular weight excluding hydrogens is 366 g/mol. The average Bonchev–Trinajstić information content (AvgIpc) is 3.24. The van der Waals surface area contributed by atoms with Gasteiger partial charge in [-0.15, -0.1) is 0 Å². The third-order valence-electron chi connectivity index (χ3n) is 5.32. The van der Waals surface area contributed by atoms with Crippen molar-refractivity contribution in [3.63, 3.8) is 0 Å². The van der Waals surface area contributed by atoms with Crippen LogP contribution in [0.5, 0.6) is 11.5 Å². The van der Waals surface area contributed by atoms with Crippen LogP contribution in [0.4, 0.5) is 0 Å². The monoisotopic (exact) mass is 393 g/mol. The Hall–Kier alpha value is -2.83. The number of rotatable bonds is 7. The predicted octanol–water partition coefficient (Wildman–Crippen LogP) is 3.68. The summed E-state index contributed by atoms with van der Waals surface area (Å²) in [5.41, 5.74) is 3.28. The minimum absolute atomic E-state index is 0.767. The Morgan fingerprint density at radius 2 is 1.52 bits per heavy atom. The van der Waals surface area contributed by atoms with E-state index in [1.165, 1.54) is 5.56 Å². The molecule has 0 unspecified atom stereocenters. The maximum Gasteiger partial charge on any atom is 0.167 e. The van der Waals surface area contributed by atoms with Gasteiger partial charge in [-0.05, 0) is 17.7 Å². The molecule has 1 aliphatic rings. The molecule has 29 heavy (non-hydrogen) atoms. The molecule has 0 amide bonds. The van der Waals surface area contributed by atoms with Gasteiger partial charge in [0.15, 0.2) is 17.3 Å². The lowest BCUT2D eigenvalue weighted by Gasteiger charge is -2.34. The van der Waals surface area contributed by atoms with Gasteiger partial charge in [0.05, 0.1) is 19.9 Å². The Labute approximate surface area is 171 Å². The zero-order chi connectivity index (χ0) is 20.1. The van der Waals surface area contributed by atoms with Crippen LogP contribution in [0.1, 0.15) is 11.3 Å². The number of methoxy groups -OCH3 is 2. The highest BCUT2D eigenvalue weighted by Crippen LogP contribution is 2.28. The van der Waals surface area contributed by atoms with Crippen molar-refractivity contribution < 1.29 is 14.0 Å². The van der Waals surface area contributed by atoms with E-state index in [0.29, 0.717) is 0 Å². The van der Waals surface area contributed by atoms with Crippen molar-refractivity contribution in [1.29, 1.82) is 0 Å². The Morgan fingerprint density at radius 1 is 0.828 bits per heavy atom. The van der Waals surface area contributed by atoms with Crippen molar-refractivity contribution >= 4 is 0 Å². The molecule has 2 aromatic carbocycles. The second-order valence-corrected chi connectivity index (χ2v) is 7.29. The lowest BCUT2D eigenvalue weighted by atomic mass is 10.1. The van der Waals surface area contributed by atoms with Crippen LogP contribution in [0.2, 0.25) is 0 Å². The van der Waals surface area contributed by atoms with Crippen molar-refractivity contribution in [3.05, 3.63) is 65.9 Å². The largest absolute Gasteiger partial charge is 0.493 e. The van der Waals surface area contributed by atoms with E-state index in [2.05, 4.69) is 27.1 Å². The first-order valence-corrected chi connectivity index (χ1v) is 9.92. The number of benzene rings is 2. The van der Waals surface area contributed by atoms with Crippen LogP contribution in [0.25, 0.3) is 11.3 Å². The van der Waals surface area contributed by atoms with E-state index in [-0.39, 0.29) is 0 Å². The van der Waals surface area contributed by atoms with Crippen LogP contribution in [0.15, 0.2) is 59.1 Å². The molecule has 1 aromatic heterocycles. The van der Waals surface area contributed by atoms with Gasteiger partial charge in [0.2, 0.25) is 0 Å². The van der Waals surface area contributed by atoms with Crippen LogP contribution < -0.4 is 9.47 Å². The minimum atomic E-state index is 0.767. The molecule has 152 valence electrons. The van der Waals surface area contributed by atoms with E-state index in [4.69, 9.17) is 14.0 Å². The number of nitrogens with zero attached hydrogens (tertiary/aromatic N) is 3. The van der Waals surface area contributed by atoms with Crippen LogP contribution >= 0.6 is 0 Å². The van der Waals surface area contributed by atoms with Gasteiger partial charge in [-0.1, -0.05) is 41.6 Å². The van der Waals surface area contributed by atoms with Crippen molar-refractivity contribution in [2.24, 2.45) is 0 Å². The van der Waals surface area contributed by atoms with Gasteiger partial charge in [-0.25, -0.2) is 0 Å². The second kappa shape index (κ2) is 9.11. The lowest BCUT2D eigenvalue weighted by Crippen LogP contribution is -2.45. The molecule has 0 aliphatic carbocycles. The van der Waals surface area contributed by atoms with Crippen LogP contribution in [0.3, 0.4) is 0 Å². The average molecular weight is 393 g/mol. The van der Waals surface area contributed by atoms with Crippen molar-refractivity contribution in [2.75, 3.05) is 40.4 Å². The molecule has 3 aromatic rings. The van der Waals surface area contributed by atoms with Crippen LogP contribution in [-0.4, -0.2) is 55.4 Å². The molecule has 0 N–H and O–H groups in total. The van der Waals surface area contributed by atoms with E-state index >= 15 is 0 Å². The molecule has 6 nitrogen and oxygen atoms in total. The molecule has 0 atom stereocenters. The summed E-state index contributed by atoms with van der Waals surface area (Å²) in [6.07, 6.45) is 0. The Balaban J connectivity index is 1.29. The number of aromatic nitrogens is 1. The number of ether oxygens (including phenoxy) is 2. The summed E-state index contributed by atoms with van der Waals surface area (Å²) in [4.78, 5) is 4.90. The fourth-order valence-corrected chi connectivity index (χ4v) is 3.70. The van der Waals surface area contributed by atoms with E-state index in [1.54, 1.807) is 14.2 Å². The molecule has 0 saturated carbocycles. The van der Waals surface area contributed by atoms with Crippen molar-refractivity contribution in [2.45, 2.75) is 13.1 Å². The van der Waals surface area contributed by atoms with Crippen LogP contribution in [-0.2, 0) is 13.1 Å². The van der Waals surface area contributed by atoms with E-state index in [1.807, 2.05) is 42.5 Å². The molecule has 1 saturated heterocycles. The maximum absolute atomic E-state index is 5.52. The van der Waals surface area contributed by atoms with Gasteiger partial charge in [0.25, 0.3) is 0 Å². The first-order chi connectivity index (χ1) is 14.2. The zero-order valence-electron chi connectivity index (χ0n) is 17.0. The van der Waals surface area contributed by atoms with Gasteiger partial charge < -0.3 is 14.0 Å². The second-order valence-electron chi connectivity index (χ2n) is 7.29. The topological polar surface area (TPSA) is 51.0 Å². The van der Waals surface area contributed by atoms with Gasteiger partial charge >= 0.3 is 0 Å². The molecular formula is C23H27N3O3. The Kier molecular flexibility index (Phi) is 6.12. The van der Waals surface area contributed by atoms with Gasteiger partial charge in [-0.3, -0.25) is 9.80 Å². The molecule has 1 aliphatic heterocycles. The summed E-state index contributed by atoms with van der Waals surface area (Å²) >= 11 is 0. The molecule has 2 heterocycles. The lowest BCUT2D eigenvalue weighted by molar-refractivity contribution is 0.120. The van der Waals surface area contributed by atoms with E-state index in [9.17, 15) is 0 Å². The molecule has 0 radical (unpaired) electrons. The fourth-order valence-electron chi connectivity index (χ4n) is 3.70. The Morgan fingerprint density at radius 3 is 2.21 bits per heavy atom. The van der Waals surface area contributed by atoms with Gasteiger partial charge in [0, 0.05) is 50.9 Å².